The van der Waals surface area contributed by atoms with Crippen LogP contribution < -0.4 is 9.47 Å². The number of carbonyl (C=O) groups excluding carboxylic acids is 1. The van der Waals surface area contributed by atoms with E-state index in [-0.39, 0.29) is 89.9 Å². The number of carbonyl (C=O) groups is 1. The maximum absolute atomic E-state index is 12.5. The van der Waals surface area contributed by atoms with Crippen LogP contribution in [0.1, 0.15) is 92.5 Å². The van der Waals surface area contributed by atoms with Gasteiger partial charge in [0.1, 0.15) is 11.5 Å². The van der Waals surface area contributed by atoms with Crippen LogP contribution in [-0.4, -0.2) is 36.1 Å². The van der Waals surface area contributed by atoms with E-state index < -0.39 is 11.7 Å². The average Bonchev–Trinajstić information content (AvgIpc) is 1.78. The van der Waals surface area contributed by atoms with E-state index in [1.807, 2.05) is 66.7 Å². The number of hydrogen-bond donors (Lipinski definition) is 3. The minimum atomic E-state index is -4.34. The van der Waals surface area contributed by atoms with E-state index in [0.717, 1.165) is 63.5 Å². The fraction of sp³-hybridized carbons (Fsp3) is 0.182. The predicted octanol–water partition coefficient (Wildman–Crippen LogP) is 20.0. The zero-order valence-electron chi connectivity index (χ0n) is 50.5. The number of para-hydroxylation sites is 5. The molecule has 0 atom stereocenters. The molecule has 0 fully saturated rings. The second-order valence-corrected chi connectivity index (χ2v) is 23.1. The van der Waals surface area contributed by atoms with E-state index in [4.69, 9.17) is 15.1 Å². The molecule has 473 valence electrons. The number of aliphatic hydroxyl groups is 1. The van der Waals surface area contributed by atoms with Crippen LogP contribution in [0.4, 0.5) is 30.2 Å². The molecule has 0 saturated carbocycles. The van der Waals surface area contributed by atoms with E-state index in [9.17, 15) is 28.2 Å². The molecular weight excluding hydrogens is 1500 g/mol. The number of halogens is 3. The summed E-state index contributed by atoms with van der Waals surface area (Å²) in [5.74, 6) is 0.323. The van der Waals surface area contributed by atoms with Crippen molar-refractivity contribution < 1.29 is 79.0 Å². The number of ketones is 1. The van der Waals surface area contributed by atoms with Crippen LogP contribution in [0.2, 0.25) is 0 Å². The van der Waals surface area contributed by atoms with Crippen molar-refractivity contribution in [3.05, 3.63) is 271 Å². The number of alkyl halides is 3. The third-order valence-electron chi connectivity index (χ3n) is 14.4. The minimum absolute atomic E-state index is 0. The van der Waals surface area contributed by atoms with Gasteiger partial charge < -0.3 is 20.2 Å². The molecule has 0 aliphatic carbocycles. The van der Waals surface area contributed by atoms with Gasteiger partial charge in [0.25, 0.3) is 0 Å². The number of fused-ring (bicyclic) bond motifs is 4. The van der Waals surface area contributed by atoms with Gasteiger partial charge in [-0.05, 0) is 137 Å². The second kappa shape index (κ2) is 31.7. The maximum Gasteiger partial charge on any atom is 0.381 e. The number of phenolic OH excluding ortho intramolecular Hbond substituents is 2. The van der Waals surface area contributed by atoms with E-state index in [1.54, 1.807) is 30.3 Å². The summed E-state index contributed by atoms with van der Waals surface area (Å²) >= 11 is 0. The van der Waals surface area contributed by atoms with Gasteiger partial charge in [-0.25, -0.2) is 9.97 Å². The van der Waals surface area contributed by atoms with Crippen LogP contribution in [0.15, 0.2) is 242 Å². The molecule has 4 aromatic heterocycles. The van der Waals surface area contributed by atoms with Crippen LogP contribution >= 0.6 is 0 Å². The Morgan fingerprint density at radius 1 is 0.527 bits per heavy atom. The Morgan fingerprint density at radius 2 is 1.00 bits per heavy atom. The molecule has 1 radical (unpaired) electrons. The molecule has 91 heavy (non-hydrogen) atoms. The van der Waals surface area contributed by atoms with Gasteiger partial charge in [-0.2, -0.15) is 17.7 Å². The third-order valence-corrected chi connectivity index (χ3v) is 14.4. The summed E-state index contributed by atoms with van der Waals surface area (Å²) in [6.07, 6.45) is -0.977. The molecule has 7 aromatic carbocycles. The summed E-state index contributed by atoms with van der Waals surface area (Å²) in [5.41, 5.74) is 14.9. The average molecular weight is 1580 g/mol. The fourth-order valence-corrected chi connectivity index (χ4v) is 9.84. The molecule has 0 bridgehead atoms. The molecule has 3 N–H and O–H groups in total. The summed E-state index contributed by atoms with van der Waals surface area (Å²) in [4.78, 5) is 26.6. The van der Waals surface area contributed by atoms with Crippen LogP contribution in [-0.2, 0) is 69.5 Å². The Hall–Kier alpha value is -8.86. The fourth-order valence-electron chi connectivity index (χ4n) is 9.84. The normalized spacial score (nSPS) is 11.3. The van der Waals surface area contributed by atoms with Gasteiger partial charge in [0, 0.05) is 87.4 Å². The van der Waals surface area contributed by atoms with Gasteiger partial charge in [0.2, 0.25) is 5.69 Å². The molecule has 5 heterocycles. The van der Waals surface area contributed by atoms with Gasteiger partial charge >= 0.3 is 6.18 Å². The number of nitrogens with zero attached hydrogens (tertiary/aromatic N) is 5. The molecule has 0 unspecified atom stereocenters. The Kier molecular flexibility index (Phi) is 25.4. The van der Waals surface area contributed by atoms with Gasteiger partial charge in [-0.3, -0.25) is 9.78 Å². The Bertz CT molecular complexity index is 4100. The van der Waals surface area contributed by atoms with Crippen molar-refractivity contribution in [3.63, 3.8) is 0 Å². The van der Waals surface area contributed by atoms with E-state index in [1.165, 1.54) is 48.5 Å². The maximum atomic E-state index is 12.5. The Labute approximate surface area is 561 Å². The van der Waals surface area contributed by atoms with Crippen molar-refractivity contribution in [1.82, 2.24) is 15.0 Å². The molecule has 1 aliphatic rings. The Balaban J connectivity index is 0.000000236. The minimum Gasteiger partial charge on any atom is -0.512 e. The van der Waals surface area contributed by atoms with Gasteiger partial charge in [-0.15, -0.1) is 29.8 Å². The molecule has 0 amide bonds. The number of anilines is 3. The van der Waals surface area contributed by atoms with Crippen molar-refractivity contribution in [2.45, 2.75) is 93.8 Å². The van der Waals surface area contributed by atoms with E-state index >= 15 is 0 Å². The molecule has 0 saturated heterocycles. The van der Waals surface area contributed by atoms with Crippen LogP contribution in [0.25, 0.3) is 67.3 Å². The largest absolute Gasteiger partial charge is 0.512 e. The van der Waals surface area contributed by atoms with Crippen molar-refractivity contribution in [2.75, 3.05) is 4.90 Å². The first-order chi connectivity index (χ1) is 41.5. The topological polar surface area (TPSA) is 124 Å². The first-order valence-corrected chi connectivity index (χ1v) is 28.5. The summed E-state index contributed by atoms with van der Waals surface area (Å²) in [6.45, 7) is 16.8. The number of aromatic hydroxyl groups is 2. The number of allylic oxidation sites excluding steroid dienone is 2. The van der Waals surface area contributed by atoms with Gasteiger partial charge in [-0.1, -0.05) is 166 Å². The summed E-state index contributed by atoms with van der Waals surface area (Å²) < 4.78 is 39.8. The number of benzene rings is 7. The Morgan fingerprint density at radius 3 is 1.46 bits per heavy atom. The quantitative estimate of drug-likeness (QED) is 0.0595. The number of hydrogen-bond acceptors (Lipinski definition) is 8. The first kappa shape index (κ1) is 72.9. The second-order valence-electron chi connectivity index (χ2n) is 23.1. The number of phenols is 2. The molecule has 12 rings (SSSR count). The SMILES string of the molecule is C.C.CC(=O)C=C(C)O.CC(C)(C)c1cc(-c2cc(C(C)(C)C)cc(-c3ccccc3O)n2)nc(-c2ccccc2O)c1.FC(F)(F)c1c[c-]c(-c2ccc3ccccc3n2)cc1.[Ir].[Pt].c1ccc(N(c2ccccc2)c2cc[n+]3c(c2)-c2ccccc2C3)cc1. The number of aromatic nitrogens is 4. The summed E-state index contributed by atoms with van der Waals surface area (Å²) in [5, 5.41) is 30.4. The molecule has 1 aliphatic heterocycles. The van der Waals surface area contributed by atoms with E-state index in [0.29, 0.717) is 33.8 Å². The van der Waals surface area contributed by atoms with Crippen LogP contribution in [0.5, 0.6) is 11.5 Å². The van der Waals surface area contributed by atoms with Crippen LogP contribution in [0, 0.1) is 6.07 Å². The van der Waals surface area contributed by atoms with Crippen LogP contribution in [0.3, 0.4) is 0 Å². The smallest absolute Gasteiger partial charge is 0.381 e. The molecule has 9 nitrogen and oxygen atoms in total. The van der Waals surface area contributed by atoms with Crippen molar-refractivity contribution >= 4 is 33.7 Å². The molecule has 14 heteroatoms. The number of pyridine rings is 4. The number of rotatable bonds is 8. The summed E-state index contributed by atoms with van der Waals surface area (Å²) in [7, 11) is 0. The van der Waals surface area contributed by atoms with Crippen molar-refractivity contribution in [2.24, 2.45) is 0 Å². The monoisotopic (exact) mass is 1580 g/mol. The van der Waals surface area contributed by atoms with Gasteiger partial charge in [0.15, 0.2) is 18.5 Å². The zero-order chi connectivity index (χ0) is 62.0. The zero-order valence-corrected chi connectivity index (χ0v) is 55.2. The van der Waals surface area contributed by atoms with E-state index in [2.05, 4.69) is 177 Å². The van der Waals surface area contributed by atoms with Crippen molar-refractivity contribution in [1.29, 1.82) is 0 Å². The van der Waals surface area contributed by atoms with Gasteiger partial charge in [0.05, 0.1) is 45.3 Å². The molecular formula is C77H76F3IrN5O4Pt. The number of aliphatic hydroxyl groups excluding tert-OH is 1. The van der Waals surface area contributed by atoms with Crippen molar-refractivity contribution in [3.8, 4) is 67.9 Å². The summed E-state index contributed by atoms with van der Waals surface area (Å²) in [6, 6.07) is 74.3. The third kappa shape index (κ3) is 18.6. The predicted molar refractivity (Wildman–Crippen MR) is 356 cm³/mol. The standard InChI is InChI=1S/C30H32N2O2.C24H19N2.C16H9F3N.C5H8O2.2CH4.Ir.Pt/c1-29(2,3)19-15-23(21-11-7-9-13-27(21)33)31-25(17-19)26-18-20(30(4,5)6)16-24(32-26)22-12-8-10-14-28(22)34;1-3-10-20(11-4-1)26(21-12-5-2-6-13-21)22-15-16-25-18-19-9-7-8-14-23(19)24(25)17-22;17-16(18,19)13-8-5-12(6-9-13)15-10-7-11-3-1-2-4-14(11)20-15;1-4(6)3-5(2)7;;;;/h7-18,33-34H,1-6H3;1-17H,18H2;1-5,7-10H;3,6H,1-2H3;2*1H4;;/q;+1;-1;;;;;. The molecule has 0 spiro atoms. The molecule has 11 aromatic rings. The first-order valence-electron chi connectivity index (χ1n) is 28.5.